The molecule has 5 heteroatoms. The van der Waals surface area contributed by atoms with E-state index in [9.17, 15) is 9.18 Å². The first-order chi connectivity index (χ1) is 6.13. The van der Waals surface area contributed by atoms with Gasteiger partial charge in [-0.3, -0.25) is 0 Å². The Labute approximate surface area is 83.5 Å². The number of hydrogen-bond donors (Lipinski definition) is 2. The summed E-state index contributed by atoms with van der Waals surface area (Å²) < 4.78 is 13.1. The van der Waals surface area contributed by atoms with Crippen molar-refractivity contribution in [3.05, 3.63) is 28.5 Å². The number of benzene rings is 1. The molecule has 0 bridgehead atoms. The van der Waals surface area contributed by atoms with Gasteiger partial charge in [-0.1, -0.05) is 0 Å². The summed E-state index contributed by atoms with van der Waals surface area (Å²) in [6, 6.07) is 3.70. The van der Waals surface area contributed by atoms with E-state index in [1.807, 2.05) is 0 Å². The number of amides is 2. The van der Waals surface area contributed by atoms with E-state index in [0.29, 0.717) is 10.2 Å². The lowest BCUT2D eigenvalue weighted by Crippen LogP contribution is -2.24. The van der Waals surface area contributed by atoms with E-state index in [4.69, 9.17) is 0 Å². The first kappa shape index (κ1) is 9.98. The minimum atomic E-state index is -0.352. The van der Waals surface area contributed by atoms with E-state index in [-0.39, 0.29) is 11.8 Å². The lowest BCUT2D eigenvalue weighted by atomic mass is 10.3. The molecule has 1 aromatic carbocycles. The Kier molecular flexibility index (Phi) is 3.25. The smallest absolute Gasteiger partial charge is 0.319 e. The molecule has 0 radical (unpaired) electrons. The molecular formula is C8H8BrFN2O. The highest BCUT2D eigenvalue weighted by Gasteiger charge is 2.03. The van der Waals surface area contributed by atoms with Crippen LogP contribution in [0.25, 0.3) is 0 Å². The van der Waals surface area contributed by atoms with Gasteiger partial charge in [0.05, 0.1) is 5.69 Å². The minimum Gasteiger partial charge on any atom is -0.341 e. The van der Waals surface area contributed by atoms with Gasteiger partial charge in [0.1, 0.15) is 5.82 Å². The maximum absolute atomic E-state index is 12.6. The third-order valence-corrected chi connectivity index (χ3v) is 2.06. The molecule has 0 aliphatic heterocycles. The summed E-state index contributed by atoms with van der Waals surface area (Å²) in [5, 5.41) is 4.91. The monoisotopic (exact) mass is 246 g/mol. The lowest BCUT2D eigenvalue weighted by molar-refractivity contribution is 0.254. The molecule has 13 heavy (non-hydrogen) atoms. The Balaban J connectivity index is 2.83. The van der Waals surface area contributed by atoms with Crippen LogP contribution in [0.1, 0.15) is 0 Å². The molecule has 0 aliphatic carbocycles. The van der Waals surface area contributed by atoms with Gasteiger partial charge in [-0.2, -0.15) is 0 Å². The van der Waals surface area contributed by atoms with Gasteiger partial charge in [-0.05, 0) is 34.1 Å². The summed E-state index contributed by atoms with van der Waals surface area (Å²) in [5.74, 6) is -0.352. The summed E-state index contributed by atoms with van der Waals surface area (Å²) in [5.41, 5.74) is 0.528. The van der Waals surface area contributed by atoms with Crippen molar-refractivity contribution < 1.29 is 9.18 Å². The second-order valence-electron chi connectivity index (χ2n) is 2.33. The van der Waals surface area contributed by atoms with Crippen molar-refractivity contribution in [3.8, 4) is 0 Å². The maximum Gasteiger partial charge on any atom is 0.319 e. The zero-order valence-electron chi connectivity index (χ0n) is 6.90. The second-order valence-corrected chi connectivity index (χ2v) is 3.18. The average Bonchev–Trinajstić information content (AvgIpc) is 2.09. The van der Waals surface area contributed by atoms with E-state index in [2.05, 4.69) is 26.6 Å². The molecule has 0 fully saturated rings. The maximum atomic E-state index is 12.6. The van der Waals surface area contributed by atoms with E-state index >= 15 is 0 Å². The van der Waals surface area contributed by atoms with Gasteiger partial charge in [-0.25, -0.2) is 9.18 Å². The van der Waals surface area contributed by atoms with Crippen LogP contribution < -0.4 is 10.6 Å². The van der Waals surface area contributed by atoms with Gasteiger partial charge in [0.15, 0.2) is 0 Å². The Morgan fingerprint density at radius 3 is 2.77 bits per heavy atom. The summed E-state index contributed by atoms with van der Waals surface area (Å²) in [7, 11) is 1.51. The number of carbonyl (C=O) groups is 1. The normalized spacial score (nSPS) is 9.46. The minimum absolute atomic E-state index is 0.340. The van der Waals surface area contributed by atoms with Crippen LogP contribution in [-0.2, 0) is 0 Å². The summed E-state index contributed by atoms with van der Waals surface area (Å²) in [6.45, 7) is 0. The van der Waals surface area contributed by atoms with Gasteiger partial charge in [0, 0.05) is 11.5 Å². The molecule has 2 amide bonds. The van der Waals surface area contributed by atoms with E-state index in [1.54, 1.807) is 0 Å². The van der Waals surface area contributed by atoms with Crippen molar-refractivity contribution in [1.29, 1.82) is 0 Å². The largest absolute Gasteiger partial charge is 0.341 e. The van der Waals surface area contributed by atoms with Crippen LogP contribution in [0.15, 0.2) is 22.7 Å². The van der Waals surface area contributed by atoms with Crippen molar-refractivity contribution in [2.24, 2.45) is 0 Å². The van der Waals surface area contributed by atoms with Crippen molar-refractivity contribution in [2.45, 2.75) is 0 Å². The van der Waals surface area contributed by atoms with Gasteiger partial charge >= 0.3 is 6.03 Å². The summed E-state index contributed by atoms with van der Waals surface area (Å²) in [4.78, 5) is 10.9. The second kappa shape index (κ2) is 4.23. The van der Waals surface area contributed by atoms with E-state index in [1.165, 1.54) is 25.2 Å². The van der Waals surface area contributed by atoms with Crippen LogP contribution in [0.5, 0.6) is 0 Å². The average molecular weight is 247 g/mol. The molecule has 1 aromatic rings. The fourth-order valence-corrected chi connectivity index (χ4v) is 1.23. The highest BCUT2D eigenvalue weighted by atomic mass is 79.9. The van der Waals surface area contributed by atoms with Gasteiger partial charge in [-0.15, -0.1) is 0 Å². The molecule has 0 saturated carbocycles. The number of anilines is 1. The molecule has 0 atom stereocenters. The number of rotatable bonds is 1. The predicted octanol–water partition coefficient (Wildman–Crippen LogP) is 2.34. The quantitative estimate of drug-likeness (QED) is 0.785. The van der Waals surface area contributed by atoms with Gasteiger partial charge < -0.3 is 10.6 Å². The molecule has 0 spiro atoms. The molecular weight excluding hydrogens is 239 g/mol. The number of urea groups is 1. The number of halogens is 2. The third-order valence-electron chi connectivity index (χ3n) is 1.41. The van der Waals surface area contributed by atoms with Crippen LogP contribution in [-0.4, -0.2) is 13.1 Å². The Morgan fingerprint density at radius 1 is 1.54 bits per heavy atom. The zero-order valence-corrected chi connectivity index (χ0v) is 8.48. The summed E-state index contributed by atoms with van der Waals surface area (Å²) in [6.07, 6.45) is 0. The molecule has 0 aromatic heterocycles. The van der Waals surface area contributed by atoms with Crippen molar-refractivity contribution in [2.75, 3.05) is 12.4 Å². The zero-order chi connectivity index (χ0) is 9.84. The van der Waals surface area contributed by atoms with Gasteiger partial charge in [0.2, 0.25) is 0 Å². The number of carbonyl (C=O) groups excluding carboxylic acids is 1. The van der Waals surface area contributed by atoms with Crippen molar-refractivity contribution in [3.63, 3.8) is 0 Å². The van der Waals surface area contributed by atoms with Crippen molar-refractivity contribution in [1.82, 2.24) is 5.32 Å². The third kappa shape index (κ3) is 2.69. The topological polar surface area (TPSA) is 41.1 Å². The highest BCUT2D eigenvalue weighted by molar-refractivity contribution is 9.10. The molecule has 0 aliphatic rings. The lowest BCUT2D eigenvalue weighted by Gasteiger charge is -2.05. The molecule has 2 N–H and O–H groups in total. The van der Waals surface area contributed by atoms with Crippen LogP contribution >= 0.6 is 15.9 Å². The SMILES string of the molecule is CNC(=O)Nc1ccc(F)cc1Br. The van der Waals surface area contributed by atoms with Gasteiger partial charge in [0.25, 0.3) is 0 Å². The van der Waals surface area contributed by atoms with Crippen LogP contribution in [0.4, 0.5) is 14.9 Å². The first-order valence-electron chi connectivity index (χ1n) is 3.57. The Hall–Kier alpha value is -1.10. The van der Waals surface area contributed by atoms with Crippen LogP contribution in [0, 0.1) is 5.82 Å². The number of nitrogens with one attached hydrogen (secondary N) is 2. The Morgan fingerprint density at radius 2 is 2.23 bits per heavy atom. The molecule has 1 rings (SSSR count). The predicted molar refractivity (Wildman–Crippen MR) is 52.2 cm³/mol. The fourth-order valence-electron chi connectivity index (χ4n) is 0.776. The Bertz CT molecular complexity index is 330. The standard InChI is InChI=1S/C8H8BrFN2O/c1-11-8(13)12-7-3-2-5(10)4-6(7)9/h2-4H,1H3,(H2,11,12,13). The molecule has 3 nitrogen and oxygen atoms in total. The summed E-state index contributed by atoms with van der Waals surface area (Å²) >= 11 is 3.12. The fraction of sp³-hybridized carbons (Fsp3) is 0.125. The van der Waals surface area contributed by atoms with Crippen molar-refractivity contribution >= 4 is 27.6 Å². The first-order valence-corrected chi connectivity index (χ1v) is 4.36. The molecule has 0 unspecified atom stereocenters. The van der Waals surface area contributed by atoms with E-state index < -0.39 is 0 Å². The van der Waals surface area contributed by atoms with Crippen LogP contribution in [0.3, 0.4) is 0 Å². The molecule has 0 saturated heterocycles. The molecule has 0 heterocycles. The number of hydrogen-bond acceptors (Lipinski definition) is 1. The van der Waals surface area contributed by atoms with E-state index in [0.717, 1.165) is 0 Å². The van der Waals surface area contributed by atoms with Crippen LogP contribution in [0.2, 0.25) is 0 Å². The molecule has 70 valence electrons. The highest BCUT2D eigenvalue weighted by Crippen LogP contribution is 2.22.